The molecule has 9 heteroatoms. The van der Waals surface area contributed by atoms with Gasteiger partial charge in [-0.15, -0.1) is 0 Å². The Morgan fingerprint density at radius 2 is 1.56 bits per heavy atom. The number of hydrogen-bond acceptors (Lipinski definition) is 6. The predicted molar refractivity (Wildman–Crippen MR) is 132 cm³/mol. The minimum atomic E-state index is -0.505. The molecule has 0 radical (unpaired) electrons. The number of hydrogen-bond donors (Lipinski definition) is 0. The third-order valence-corrected chi connectivity index (χ3v) is 6.58. The maximum absolute atomic E-state index is 12.8. The minimum Gasteiger partial charge on any atom is -0.497 e. The van der Waals surface area contributed by atoms with E-state index in [1.165, 1.54) is 0 Å². The molecule has 0 bridgehead atoms. The lowest BCUT2D eigenvalue weighted by Crippen LogP contribution is -2.27. The molecular formula is C25H17Cl2NO5S. The molecular weight excluding hydrogens is 497 g/mol. The number of carbonyl (C=O) groups is 3. The van der Waals surface area contributed by atoms with Crippen molar-refractivity contribution in [2.45, 2.75) is 6.54 Å². The van der Waals surface area contributed by atoms with E-state index in [1.807, 2.05) is 0 Å². The number of thioether (sulfide) groups is 1. The number of amides is 2. The normalized spacial score (nSPS) is 14.6. The highest BCUT2D eigenvalue weighted by Gasteiger charge is 2.35. The molecule has 34 heavy (non-hydrogen) atoms. The zero-order valence-corrected chi connectivity index (χ0v) is 20.1. The molecule has 4 rings (SSSR count). The van der Waals surface area contributed by atoms with Crippen LogP contribution in [0.2, 0.25) is 10.0 Å². The van der Waals surface area contributed by atoms with Crippen LogP contribution in [0.15, 0.2) is 71.6 Å². The smallest absolute Gasteiger partial charge is 0.343 e. The molecule has 0 atom stereocenters. The van der Waals surface area contributed by atoms with E-state index in [0.29, 0.717) is 38.2 Å². The molecule has 1 fully saturated rings. The summed E-state index contributed by atoms with van der Waals surface area (Å²) in [6.07, 6.45) is 1.61. The zero-order chi connectivity index (χ0) is 24.2. The van der Waals surface area contributed by atoms with Gasteiger partial charge in [-0.2, -0.15) is 0 Å². The Morgan fingerprint density at radius 1 is 0.941 bits per heavy atom. The summed E-state index contributed by atoms with van der Waals surface area (Å²) >= 11 is 13.2. The summed E-state index contributed by atoms with van der Waals surface area (Å²) in [7, 11) is 1.55. The van der Waals surface area contributed by atoms with Gasteiger partial charge in [0.2, 0.25) is 0 Å². The second-order valence-corrected chi connectivity index (χ2v) is 8.96. The topological polar surface area (TPSA) is 72.9 Å². The summed E-state index contributed by atoms with van der Waals surface area (Å²) in [5, 5.41) is 0.364. The summed E-state index contributed by atoms with van der Waals surface area (Å²) < 4.78 is 10.5. The van der Waals surface area contributed by atoms with Crippen molar-refractivity contribution < 1.29 is 23.9 Å². The van der Waals surface area contributed by atoms with Crippen LogP contribution in [0.4, 0.5) is 4.79 Å². The number of rotatable bonds is 6. The third kappa shape index (κ3) is 5.28. The number of ether oxygens (including phenoxy) is 2. The van der Waals surface area contributed by atoms with Crippen LogP contribution >= 0.6 is 35.0 Å². The van der Waals surface area contributed by atoms with Crippen molar-refractivity contribution >= 4 is 58.2 Å². The van der Waals surface area contributed by atoms with Crippen LogP contribution < -0.4 is 9.47 Å². The molecule has 1 saturated heterocycles. The van der Waals surface area contributed by atoms with Gasteiger partial charge in [-0.25, -0.2) is 4.79 Å². The highest BCUT2D eigenvalue weighted by atomic mass is 35.5. The molecule has 0 unspecified atom stereocenters. The number of benzene rings is 3. The first-order chi connectivity index (χ1) is 16.4. The molecule has 1 aliphatic heterocycles. The molecule has 3 aromatic rings. The first kappa shape index (κ1) is 23.9. The van der Waals surface area contributed by atoms with E-state index in [4.69, 9.17) is 32.7 Å². The van der Waals surface area contributed by atoms with E-state index in [2.05, 4.69) is 0 Å². The summed E-state index contributed by atoms with van der Waals surface area (Å²) in [5.41, 5.74) is 1.57. The molecule has 0 saturated carbocycles. The summed E-state index contributed by atoms with van der Waals surface area (Å²) in [6, 6.07) is 18.2. The molecule has 6 nitrogen and oxygen atoms in total. The predicted octanol–water partition coefficient (Wildman–Crippen LogP) is 6.46. The van der Waals surface area contributed by atoms with E-state index >= 15 is 0 Å². The maximum Gasteiger partial charge on any atom is 0.343 e. The van der Waals surface area contributed by atoms with Crippen LogP contribution in [0.1, 0.15) is 21.5 Å². The van der Waals surface area contributed by atoms with Crippen LogP contribution in [0, 0.1) is 0 Å². The molecule has 0 aliphatic carbocycles. The first-order valence-electron chi connectivity index (χ1n) is 10.0. The molecule has 1 heterocycles. The summed E-state index contributed by atoms with van der Waals surface area (Å²) in [4.78, 5) is 38.9. The molecule has 3 aromatic carbocycles. The lowest BCUT2D eigenvalue weighted by Gasteiger charge is -2.14. The van der Waals surface area contributed by atoms with Crippen molar-refractivity contribution in [3.63, 3.8) is 0 Å². The van der Waals surface area contributed by atoms with Crippen molar-refractivity contribution in [3.8, 4) is 11.5 Å². The SMILES string of the molecule is COc1ccc(C(=O)Oc2ccc(/C=C3\SC(=O)N(Cc4c(Cl)cccc4Cl)C3=O)cc2)cc1. The first-order valence-corrected chi connectivity index (χ1v) is 11.6. The highest BCUT2D eigenvalue weighted by molar-refractivity contribution is 8.18. The van der Waals surface area contributed by atoms with E-state index in [-0.39, 0.29) is 11.4 Å². The van der Waals surface area contributed by atoms with Gasteiger partial charge in [0.15, 0.2) is 0 Å². The lowest BCUT2D eigenvalue weighted by atomic mass is 10.2. The fourth-order valence-electron chi connectivity index (χ4n) is 3.15. The fraction of sp³-hybridized carbons (Fsp3) is 0.0800. The van der Waals surface area contributed by atoms with Gasteiger partial charge < -0.3 is 9.47 Å². The second-order valence-electron chi connectivity index (χ2n) is 7.16. The Hall–Kier alpha value is -3.26. The van der Waals surface area contributed by atoms with Gasteiger partial charge >= 0.3 is 5.97 Å². The minimum absolute atomic E-state index is 0.0131. The van der Waals surface area contributed by atoms with Gasteiger partial charge in [0, 0.05) is 15.6 Å². The van der Waals surface area contributed by atoms with Crippen LogP contribution in [-0.4, -0.2) is 29.1 Å². The van der Waals surface area contributed by atoms with Gasteiger partial charge in [-0.1, -0.05) is 41.4 Å². The number of esters is 1. The van der Waals surface area contributed by atoms with Crippen LogP contribution in [-0.2, 0) is 11.3 Å². The van der Waals surface area contributed by atoms with Crippen molar-refractivity contribution in [1.82, 2.24) is 4.90 Å². The van der Waals surface area contributed by atoms with Crippen LogP contribution in [0.25, 0.3) is 6.08 Å². The van der Waals surface area contributed by atoms with E-state index in [1.54, 1.807) is 79.9 Å². The summed E-state index contributed by atoms with van der Waals surface area (Å²) in [5.74, 6) is 0.0514. The molecule has 2 amide bonds. The molecule has 0 N–H and O–H groups in total. The van der Waals surface area contributed by atoms with Crippen molar-refractivity contribution in [1.29, 1.82) is 0 Å². The fourth-order valence-corrected chi connectivity index (χ4v) is 4.51. The molecule has 0 spiro atoms. The highest BCUT2D eigenvalue weighted by Crippen LogP contribution is 2.35. The van der Waals surface area contributed by atoms with Gasteiger partial charge in [-0.05, 0) is 71.9 Å². The van der Waals surface area contributed by atoms with E-state index < -0.39 is 17.1 Å². The maximum atomic E-state index is 12.8. The second kappa shape index (κ2) is 10.3. The molecule has 1 aliphatic rings. The standard InChI is InChI=1S/C25H17Cl2NO5S/c1-32-17-11-7-16(8-12-17)24(30)33-18-9-5-15(6-10-18)13-22-23(29)28(25(31)34-22)14-19-20(26)3-2-4-21(19)27/h2-13H,14H2,1H3/b22-13-. The third-order valence-electron chi connectivity index (χ3n) is 4.97. The van der Waals surface area contributed by atoms with Gasteiger partial charge in [0.1, 0.15) is 11.5 Å². The van der Waals surface area contributed by atoms with Crippen molar-refractivity contribution in [2.24, 2.45) is 0 Å². The summed E-state index contributed by atoms with van der Waals surface area (Å²) in [6.45, 7) is -0.0131. The zero-order valence-electron chi connectivity index (χ0n) is 17.8. The number of methoxy groups -OCH3 is 1. The monoisotopic (exact) mass is 513 g/mol. The molecule has 172 valence electrons. The number of imide groups is 1. The van der Waals surface area contributed by atoms with Crippen LogP contribution in [0.3, 0.4) is 0 Å². The van der Waals surface area contributed by atoms with Gasteiger partial charge in [0.25, 0.3) is 11.1 Å². The Balaban J connectivity index is 1.44. The van der Waals surface area contributed by atoms with E-state index in [0.717, 1.165) is 16.7 Å². The lowest BCUT2D eigenvalue weighted by molar-refractivity contribution is -0.123. The van der Waals surface area contributed by atoms with Gasteiger partial charge in [-0.3, -0.25) is 14.5 Å². The average Bonchev–Trinajstić information content (AvgIpc) is 3.09. The Morgan fingerprint density at radius 3 is 2.18 bits per heavy atom. The number of nitrogens with zero attached hydrogens (tertiary/aromatic N) is 1. The quantitative estimate of drug-likeness (QED) is 0.214. The Kier molecular flexibility index (Phi) is 7.26. The average molecular weight is 514 g/mol. The van der Waals surface area contributed by atoms with Gasteiger partial charge in [0.05, 0.1) is 24.1 Å². The van der Waals surface area contributed by atoms with Crippen LogP contribution in [0.5, 0.6) is 11.5 Å². The van der Waals surface area contributed by atoms with Crippen molar-refractivity contribution in [2.75, 3.05) is 7.11 Å². The largest absolute Gasteiger partial charge is 0.497 e. The Bertz CT molecular complexity index is 1270. The Labute approximate surface area is 210 Å². The number of carbonyl (C=O) groups excluding carboxylic acids is 3. The van der Waals surface area contributed by atoms with Crippen molar-refractivity contribution in [3.05, 3.63) is 98.4 Å². The number of halogens is 2. The molecule has 0 aromatic heterocycles. The van der Waals surface area contributed by atoms with E-state index in [9.17, 15) is 14.4 Å².